The van der Waals surface area contributed by atoms with Crippen molar-refractivity contribution in [3.8, 4) is 11.5 Å². The van der Waals surface area contributed by atoms with Crippen molar-refractivity contribution in [1.82, 2.24) is 0 Å². The maximum Gasteiger partial charge on any atom is 0.255 e. The topological polar surface area (TPSA) is 77.8 Å². The van der Waals surface area contributed by atoms with Crippen LogP contribution < -0.4 is 14.8 Å². The second kappa shape index (κ2) is 8.59. The van der Waals surface area contributed by atoms with Crippen molar-refractivity contribution in [2.45, 2.75) is 13.8 Å². The summed E-state index contributed by atoms with van der Waals surface area (Å²) < 4.78 is 16.5. The fourth-order valence-electron chi connectivity index (χ4n) is 3.62. The molecule has 6 heteroatoms. The molecule has 162 valence electrons. The van der Waals surface area contributed by atoms with Crippen molar-refractivity contribution in [2.75, 3.05) is 19.5 Å². The van der Waals surface area contributed by atoms with Crippen LogP contribution in [0.1, 0.15) is 37.6 Å². The van der Waals surface area contributed by atoms with Crippen molar-refractivity contribution < 1.29 is 23.5 Å². The van der Waals surface area contributed by atoms with Gasteiger partial charge in [0, 0.05) is 33.8 Å². The minimum Gasteiger partial charge on any atom is -0.493 e. The molecule has 3 aromatic carbocycles. The molecule has 1 heterocycles. The predicted octanol–water partition coefficient (Wildman–Crippen LogP) is 5.55. The molecule has 0 bridgehead atoms. The van der Waals surface area contributed by atoms with E-state index in [0.29, 0.717) is 33.9 Å². The first-order valence-electron chi connectivity index (χ1n) is 10.1. The SMILES string of the molecule is COc1ccc(C(=O)c2oc3cc(NC(=O)c4cccc(C)c4)ccc3c2C)cc1OC. The number of fused-ring (bicyclic) bond motifs is 1. The number of aryl methyl sites for hydroxylation is 2. The van der Waals surface area contributed by atoms with Crippen molar-refractivity contribution in [1.29, 1.82) is 0 Å². The van der Waals surface area contributed by atoms with E-state index < -0.39 is 0 Å². The first-order chi connectivity index (χ1) is 15.4. The number of ketones is 1. The van der Waals surface area contributed by atoms with E-state index in [4.69, 9.17) is 13.9 Å². The minimum absolute atomic E-state index is 0.210. The van der Waals surface area contributed by atoms with Crippen LogP contribution in [0.3, 0.4) is 0 Å². The molecule has 0 aliphatic carbocycles. The van der Waals surface area contributed by atoms with Crippen LogP contribution in [0.4, 0.5) is 5.69 Å². The molecule has 1 N–H and O–H groups in total. The lowest BCUT2D eigenvalue weighted by atomic mass is 10.0. The summed E-state index contributed by atoms with van der Waals surface area (Å²) in [5.74, 6) is 0.782. The summed E-state index contributed by atoms with van der Waals surface area (Å²) in [6.45, 7) is 3.77. The molecule has 0 unspecified atom stereocenters. The molecule has 0 aliphatic heterocycles. The van der Waals surface area contributed by atoms with Gasteiger partial charge in [0.2, 0.25) is 5.78 Å². The number of anilines is 1. The van der Waals surface area contributed by atoms with Crippen LogP contribution in [0.15, 0.2) is 65.1 Å². The molecule has 0 spiro atoms. The number of carbonyl (C=O) groups excluding carboxylic acids is 2. The lowest BCUT2D eigenvalue weighted by molar-refractivity contribution is 0.101. The number of ether oxygens (including phenoxy) is 2. The number of furan rings is 1. The van der Waals surface area contributed by atoms with E-state index in [2.05, 4.69) is 5.32 Å². The Kier molecular flexibility index (Phi) is 5.69. The first kappa shape index (κ1) is 21.2. The van der Waals surface area contributed by atoms with Crippen LogP contribution in [0.25, 0.3) is 11.0 Å². The van der Waals surface area contributed by atoms with Crippen molar-refractivity contribution in [3.05, 3.63) is 88.7 Å². The Morgan fingerprint density at radius 1 is 0.844 bits per heavy atom. The summed E-state index contributed by atoms with van der Waals surface area (Å²) in [6, 6.07) is 17.7. The number of rotatable bonds is 6. The Labute approximate surface area is 185 Å². The molecule has 0 radical (unpaired) electrons. The molecule has 4 aromatic rings. The Morgan fingerprint density at radius 3 is 2.34 bits per heavy atom. The van der Waals surface area contributed by atoms with Crippen LogP contribution in [0, 0.1) is 13.8 Å². The standard InChI is InChI=1S/C26H23NO5/c1-15-6-5-7-18(12-15)26(29)27-19-9-10-20-16(2)25(32-22(20)14-19)24(28)17-8-11-21(30-3)23(13-17)31-4/h5-14H,1-4H3,(H,27,29). The van der Waals surface area contributed by atoms with Crippen LogP contribution in [-0.2, 0) is 0 Å². The number of carbonyl (C=O) groups is 2. The number of amides is 1. The third kappa shape index (κ3) is 3.95. The summed E-state index contributed by atoms with van der Waals surface area (Å²) in [6.07, 6.45) is 0. The molecular formula is C26H23NO5. The maximum atomic E-state index is 13.1. The summed E-state index contributed by atoms with van der Waals surface area (Å²) in [5, 5.41) is 3.69. The third-order valence-corrected chi connectivity index (χ3v) is 5.33. The molecular weight excluding hydrogens is 406 g/mol. The van der Waals surface area contributed by atoms with Gasteiger partial charge in [-0.3, -0.25) is 9.59 Å². The zero-order chi connectivity index (χ0) is 22.8. The molecule has 0 atom stereocenters. The van der Waals surface area contributed by atoms with Crippen molar-refractivity contribution >= 4 is 28.3 Å². The van der Waals surface area contributed by atoms with Gasteiger partial charge in [-0.15, -0.1) is 0 Å². The van der Waals surface area contributed by atoms with E-state index in [9.17, 15) is 9.59 Å². The zero-order valence-corrected chi connectivity index (χ0v) is 18.3. The summed E-state index contributed by atoms with van der Waals surface area (Å²) in [4.78, 5) is 25.7. The third-order valence-electron chi connectivity index (χ3n) is 5.33. The molecule has 0 saturated heterocycles. The molecule has 0 aliphatic rings. The number of hydrogen-bond donors (Lipinski definition) is 1. The Hall–Kier alpha value is -4.06. The van der Waals surface area contributed by atoms with E-state index in [0.717, 1.165) is 16.5 Å². The van der Waals surface area contributed by atoms with Gasteiger partial charge >= 0.3 is 0 Å². The van der Waals surface area contributed by atoms with Crippen LogP contribution in [0.2, 0.25) is 0 Å². The zero-order valence-electron chi connectivity index (χ0n) is 18.3. The largest absolute Gasteiger partial charge is 0.493 e. The van der Waals surface area contributed by atoms with Gasteiger partial charge < -0.3 is 19.2 Å². The fourth-order valence-corrected chi connectivity index (χ4v) is 3.62. The average molecular weight is 429 g/mol. The van der Waals surface area contributed by atoms with Crippen molar-refractivity contribution in [3.63, 3.8) is 0 Å². The van der Waals surface area contributed by atoms with Crippen LogP contribution >= 0.6 is 0 Å². The van der Waals surface area contributed by atoms with E-state index in [1.54, 1.807) is 36.4 Å². The van der Waals surface area contributed by atoms with E-state index in [1.807, 2.05) is 38.1 Å². The molecule has 4 rings (SSSR count). The van der Waals surface area contributed by atoms with Crippen molar-refractivity contribution in [2.24, 2.45) is 0 Å². The highest BCUT2D eigenvalue weighted by Crippen LogP contribution is 2.32. The number of hydrogen-bond acceptors (Lipinski definition) is 5. The van der Waals surface area contributed by atoms with Gasteiger partial charge in [-0.2, -0.15) is 0 Å². The Balaban J connectivity index is 1.64. The molecule has 0 fully saturated rings. The van der Waals surface area contributed by atoms with Gasteiger partial charge in [-0.1, -0.05) is 17.7 Å². The van der Waals surface area contributed by atoms with E-state index in [1.165, 1.54) is 14.2 Å². The van der Waals surface area contributed by atoms with E-state index in [-0.39, 0.29) is 17.5 Å². The lowest BCUT2D eigenvalue weighted by Gasteiger charge is -2.08. The first-order valence-corrected chi connectivity index (χ1v) is 10.1. The smallest absolute Gasteiger partial charge is 0.255 e. The quantitative estimate of drug-likeness (QED) is 0.407. The summed E-state index contributed by atoms with van der Waals surface area (Å²) in [5.41, 5.74) is 3.85. The average Bonchev–Trinajstić information content (AvgIpc) is 3.13. The Morgan fingerprint density at radius 2 is 1.62 bits per heavy atom. The predicted molar refractivity (Wildman–Crippen MR) is 123 cm³/mol. The molecule has 0 saturated carbocycles. The van der Waals surface area contributed by atoms with Crippen LogP contribution in [0.5, 0.6) is 11.5 Å². The normalized spacial score (nSPS) is 10.8. The molecule has 6 nitrogen and oxygen atoms in total. The van der Waals surface area contributed by atoms with E-state index >= 15 is 0 Å². The summed E-state index contributed by atoms with van der Waals surface area (Å²) in [7, 11) is 3.06. The highest BCUT2D eigenvalue weighted by molar-refractivity contribution is 6.11. The second-order valence-corrected chi connectivity index (χ2v) is 7.49. The van der Waals surface area contributed by atoms with Gasteiger partial charge in [0.05, 0.1) is 14.2 Å². The summed E-state index contributed by atoms with van der Waals surface area (Å²) >= 11 is 0. The minimum atomic E-state index is -0.259. The highest BCUT2D eigenvalue weighted by Gasteiger charge is 2.21. The van der Waals surface area contributed by atoms with Gasteiger partial charge in [-0.05, 0) is 56.3 Å². The number of nitrogens with one attached hydrogen (secondary N) is 1. The number of benzene rings is 3. The molecule has 1 aromatic heterocycles. The fraction of sp³-hybridized carbons (Fsp3) is 0.154. The maximum absolute atomic E-state index is 13.1. The monoisotopic (exact) mass is 429 g/mol. The van der Waals surface area contributed by atoms with Crippen LogP contribution in [-0.4, -0.2) is 25.9 Å². The number of methoxy groups -OCH3 is 2. The van der Waals surface area contributed by atoms with Gasteiger partial charge in [-0.25, -0.2) is 0 Å². The lowest BCUT2D eigenvalue weighted by Crippen LogP contribution is -2.11. The second-order valence-electron chi connectivity index (χ2n) is 7.49. The van der Waals surface area contributed by atoms with Gasteiger partial charge in [0.25, 0.3) is 5.91 Å². The molecule has 32 heavy (non-hydrogen) atoms. The molecule has 1 amide bonds. The van der Waals surface area contributed by atoms with Gasteiger partial charge in [0.15, 0.2) is 17.3 Å². The van der Waals surface area contributed by atoms with Gasteiger partial charge in [0.1, 0.15) is 5.58 Å². The Bertz CT molecular complexity index is 1340. The highest BCUT2D eigenvalue weighted by atomic mass is 16.5.